The Labute approximate surface area is 102 Å². The Morgan fingerprint density at radius 3 is 2.88 bits per heavy atom. The van der Waals surface area contributed by atoms with Crippen molar-refractivity contribution in [2.75, 3.05) is 5.32 Å². The van der Waals surface area contributed by atoms with Gasteiger partial charge in [0.15, 0.2) is 10.3 Å². The lowest BCUT2D eigenvalue weighted by molar-refractivity contribution is -0.137. The van der Waals surface area contributed by atoms with Gasteiger partial charge in [0.25, 0.3) is 0 Å². The summed E-state index contributed by atoms with van der Waals surface area (Å²) in [5, 5.41) is 18.6. The number of carboxylic acid groups (broad SMARTS) is 1. The van der Waals surface area contributed by atoms with Crippen molar-refractivity contribution < 1.29 is 9.90 Å². The number of hydrogen-bond donors (Lipinski definition) is 2. The number of anilines is 1. The summed E-state index contributed by atoms with van der Waals surface area (Å²) in [6.07, 6.45) is 5.07. The van der Waals surface area contributed by atoms with E-state index in [2.05, 4.69) is 21.4 Å². The Bertz CT molecular complexity index is 445. The SMILES string of the molecule is C#CCC(Nc1cc(Cl)nnc1Cl)C(=O)O. The van der Waals surface area contributed by atoms with Gasteiger partial charge in [-0.3, -0.25) is 0 Å². The molecule has 2 N–H and O–H groups in total. The van der Waals surface area contributed by atoms with E-state index >= 15 is 0 Å². The molecule has 0 saturated carbocycles. The number of aliphatic carboxylic acids is 1. The van der Waals surface area contributed by atoms with Crippen LogP contribution in [0.5, 0.6) is 0 Å². The van der Waals surface area contributed by atoms with Crippen LogP contribution in [-0.4, -0.2) is 27.3 Å². The van der Waals surface area contributed by atoms with E-state index in [1.54, 1.807) is 0 Å². The second-order valence-electron chi connectivity index (χ2n) is 2.81. The molecule has 0 radical (unpaired) electrons. The maximum Gasteiger partial charge on any atom is 0.327 e. The van der Waals surface area contributed by atoms with Gasteiger partial charge in [0.05, 0.1) is 5.69 Å². The summed E-state index contributed by atoms with van der Waals surface area (Å²) < 4.78 is 0. The van der Waals surface area contributed by atoms with Crippen LogP contribution in [0.4, 0.5) is 5.69 Å². The smallest absolute Gasteiger partial charge is 0.327 e. The third-order valence-electron chi connectivity index (χ3n) is 1.67. The number of aromatic nitrogens is 2. The Hall–Kier alpha value is -1.51. The molecular weight excluding hydrogens is 253 g/mol. The molecule has 7 heteroatoms. The zero-order valence-corrected chi connectivity index (χ0v) is 9.46. The van der Waals surface area contributed by atoms with Gasteiger partial charge in [0.2, 0.25) is 0 Å². The van der Waals surface area contributed by atoms with Gasteiger partial charge in [-0.1, -0.05) is 23.2 Å². The van der Waals surface area contributed by atoms with Crippen LogP contribution in [0.1, 0.15) is 6.42 Å². The third kappa shape index (κ3) is 3.26. The van der Waals surface area contributed by atoms with Crippen LogP contribution in [0.15, 0.2) is 6.07 Å². The van der Waals surface area contributed by atoms with Crippen molar-refractivity contribution in [1.82, 2.24) is 10.2 Å². The fourth-order valence-electron chi connectivity index (χ4n) is 0.960. The molecule has 1 aromatic heterocycles. The molecule has 0 saturated heterocycles. The van der Waals surface area contributed by atoms with E-state index in [0.29, 0.717) is 0 Å². The van der Waals surface area contributed by atoms with Crippen molar-refractivity contribution >= 4 is 34.9 Å². The second kappa shape index (κ2) is 5.54. The summed E-state index contributed by atoms with van der Waals surface area (Å²) in [6, 6.07) is 0.436. The van der Waals surface area contributed by atoms with Crippen LogP contribution in [0.3, 0.4) is 0 Å². The monoisotopic (exact) mass is 259 g/mol. The standard InChI is InChI=1S/C9H7Cl2N3O2/c1-2-3-5(9(15)16)12-6-4-7(10)13-14-8(6)11/h1,4-5H,3H2,(H,12,13)(H,15,16). The van der Waals surface area contributed by atoms with Crippen molar-refractivity contribution in [1.29, 1.82) is 0 Å². The molecule has 16 heavy (non-hydrogen) atoms. The van der Waals surface area contributed by atoms with E-state index in [-0.39, 0.29) is 22.4 Å². The van der Waals surface area contributed by atoms with Crippen LogP contribution in [0, 0.1) is 12.3 Å². The predicted octanol–water partition coefficient (Wildman–Crippen LogP) is 1.67. The Morgan fingerprint density at radius 1 is 1.62 bits per heavy atom. The zero-order valence-electron chi connectivity index (χ0n) is 7.94. The minimum Gasteiger partial charge on any atom is -0.480 e. The Balaban J connectivity index is 2.89. The van der Waals surface area contributed by atoms with Gasteiger partial charge in [-0.2, -0.15) is 0 Å². The van der Waals surface area contributed by atoms with Crippen molar-refractivity contribution in [3.8, 4) is 12.3 Å². The highest BCUT2D eigenvalue weighted by molar-refractivity contribution is 6.33. The molecule has 0 aromatic carbocycles. The van der Waals surface area contributed by atoms with E-state index in [1.807, 2.05) is 0 Å². The molecule has 1 atom stereocenters. The first-order chi connectivity index (χ1) is 7.54. The lowest BCUT2D eigenvalue weighted by atomic mass is 10.2. The van der Waals surface area contributed by atoms with Crippen molar-refractivity contribution in [2.45, 2.75) is 12.5 Å². The summed E-state index contributed by atoms with van der Waals surface area (Å²) in [5.41, 5.74) is 0.282. The van der Waals surface area contributed by atoms with Crippen LogP contribution in [0.2, 0.25) is 10.3 Å². The molecule has 5 nitrogen and oxygen atoms in total. The number of hydrogen-bond acceptors (Lipinski definition) is 4. The molecular formula is C9H7Cl2N3O2. The van der Waals surface area contributed by atoms with E-state index in [4.69, 9.17) is 34.7 Å². The Kier molecular flexibility index (Phi) is 4.35. The second-order valence-corrected chi connectivity index (χ2v) is 3.56. The van der Waals surface area contributed by atoms with Gasteiger partial charge in [-0.05, 0) is 0 Å². The fourth-order valence-corrected chi connectivity index (χ4v) is 1.25. The number of halogens is 2. The highest BCUT2D eigenvalue weighted by Gasteiger charge is 2.17. The molecule has 0 fully saturated rings. The molecule has 0 aliphatic rings. The quantitative estimate of drug-likeness (QED) is 0.805. The third-order valence-corrected chi connectivity index (χ3v) is 2.13. The topological polar surface area (TPSA) is 75.1 Å². The minimum atomic E-state index is -1.08. The first kappa shape index (κ1) is 12.6. The van der Waals surface area contributed by atoms with Gasteiger partial charge in [0.1, 0.15) is 6.04 Å². The number of nitrogens with one attached hydrogen (secondary N) is 1. The number of carbonyl (C=O) groups is 1. The van der Waals surface area contributed by atoms with Gasteiger partial charge in [0, 0.05) is 12.5 Å². The summed E-state index contributed by atoms with van der Waals surface area (Å²) in [7, 11) is 0. The molecule has 1 rings (SSSR count). The van der Waals surface area contributed by atoms with E-state index in [9.17, 15) is 4.79 Å². The minimum absolute atomic E-state index is 0.0194. The van der Waals surface area contributed by atoms with Crippen LogP contribution in [-0.2, 0) is 4.79 Å². The van der Waals surface area contributed by atoms with Crippen LogP contribution >= 0.6 is 23.2 Å². The summed E-state index contributed by atoms with van der Waals surface area (Å²) in [6.45, 7) is 0. The maximum absolute atomic E-state index is 10.8. The first-order valence-corrected chi connectivity index (χ1v) is 4.91. The van der Waals surface area contributed by atoms with Crippen LogP contribution in [0.25, 0.3) is 0 Å². The molecule has 0 aliphatic heterocycles. The lowest BCUT2D eigenvalue weighted by Gasteiger charge is -2.13. The normalized spacial score (nSPS) is 11.6. The molecule has 0 bridgehead atoms. The largest absolute Gasteiger partial charge is 0.480 e. The number of nitrogens with zero attached hydrogens (tertiary/aromatic N) is 2. The molecule has 1 heterocycles. The summed E-state index contributed by atoms with van der Waals surface area (Å²) >= 11 is 11.3. The maximum atomic E-state index is 10.8. The summed E-state index contributed by atoms with van der Waals surface area (Å²) in [5.74, 6) is 1.17. The predicted molar refractivity (Wildman–Crippen MR) is 60.5 cm³/mol. The Morgan fingerprint density at radius 2 is 2.31 bits per heavy atom. The number of rotatable bonds is 4. The molecule has 0 spiro atoms. The molecule has 0 aliphatic carbocycles. The van der Waals surface area contributed by atoms with E-state index in [0.717, 1.165) is 0 Å². The highest BCUT2D eigenvalue weighted by atomic mass is 35.5. The number of terminal acetylenes is 1. The molecule has 0 amide bonds. The highest BCUT2D eigenvalue weighted by Crippen LogP contribution is 2.22. The van der Waals surface area contributed by atoms with Gasteiger partial charge < -0.3 is 10.4 Å². The average Bonchev–Trinajstić information content (AvgIpc) is 2.22. The zero-order chi connectivity index (χ0) is 12.1. The summed E-state index contributed by atoms with van der Waals surface area (Å²) in [4.78, 5) is 10.8. The van der Waals surface area contributed by atoms with Crippen molar-refractivity contribution in [2.24, 2.45) is 0 Å². The van der Waals surface area contributed by atoms with Crippen molar-refractivity contribution in [3.63, 3.8) is 0 Å². The van der Waals surface area contributed by atoms with Crippen molar-refractivity contribution in [3.05, 3.63) is 16.4 Å². The fraction of sp³-hybridized carbons (Fsp3) is 0.222. The first-order valence-electron chi connectivity index (χ1n) is 4.16. The molecule has 84 valence electrons. The van der Waals surface area contributed by atoms with Crippen LogP contribution < -0.4 is 5.32 Å². The van der Waals surface area contributed by atoms with Gasteiger partial charge >= 0.3 is 5.97 Å². The van der Waals surface area contributed by atoms with Gasteiger partial charge in [-0.15, -0.1) is 22.5 Å². The molecule has 1 unspecified atom stereocenters. The number of carboxylic acids is 1. The molecule has 1 aromatic rings. The van der Waals surface area contributed by atoms with Gasteiger partial charge in [-0.25, -0.2) is 4.79 Å². The average molecular weight is 260 g/mol. The lowest BCUT2D eigenvalue weighted by Crippen LogP contribution is -2.29. The van der Waals surface area contributed by atoms with E-state index in [1.165, 1.54) is 6.07 Å². The van der Waals surface area contributed by atoms with E-state index < -0.39 is 12.0 Å².